The van der Waals surface area contributed by atoms with Crippen LogP contribution < -0.4 is 5.73 Å². The van der Waals surface area contributed by atoms with Gasteiger partial charge in [0.05, 0.1) is 11.9 Å². The lowest BCUT2D eigenvalue weighted by atomic mass is 10.2. The van der Waals surface area contributed by atoms with E-state index in [1.54, 1.807) is 17.1 Å². The van der Waals surface area contributed by atoms with E-state index in [0.29, 0.717) is 5.82 Å². The summed E-state index contributed by atoms with van der Waals surface area (Å²) in [6.07, 6.45) is 5.33. The van der Waals surface area contributed by atoms with Gasteiger partial charge in [-0.05, 0) is 6.92 Å². The lowest BCUT2D eigenvalue weighted by Crippen LogP contribution is -2.06. The van der Waals surface area contributed by atoms with Crippen molar-refractivity contribution in [1.29, 1.82) is 0 Å². The highest BCUT2D eigenvalue weighted by Gasteiger charge is 2.11. The lowest BCUT2D eigenvalue weighted by molar-refractivity contribution is 0.721. The molecule has 3 aromatic rings. The molecule has 0 aliphatic carbocycles. The average molecular weight is 253 g/mol. The van der Waals surface area contributed by atoms with Gasteiger partial charge in [0, 0.05) is 18.3 Å². The van der Waals surface area contributed by atoms with Gasteiger partial charge in [-0.15, -0.1) is 0 Å². The van der Waals surface area contributed by atoms with Crippen LogP contribution in [0.2, 0.25) is 0 Å². The highest BCUT2D eigenvalue weighted by atomic mass is 15.3. The molecule has 5 nitrogen and oxygen atoms in total. The van der Waals surface area contributed by atoms with Gasteiger partial charge in [0.25, 0.3) is 0 Å². The third kappa shape index (κ3) is 1.99. The van der Waals surface area contributed by atoms with Gasteiger partial charge in [0.1, 0.15) is 12.1 Å². The standard InChI is InChI=1S/C14H15N5/c1-2-18-9-12(11-6-4-3-5-7-11)17-14(18)19-10-16-8-13(19)15/h3-10H,2,15H2,1H3. The molecular weight excluding hydrogens is 238 g/mol. The number of aromatic nitrogens is 4. The van der Waals surface area contributed by atoms with Crippen molar-refractivity contribution in [1.82, 2.24) is 19.1 Å². The van der Waals surface area contributed by atoms with Crippen molar-refractivity contribution in [2.75, 3.05) is 5.73 Å². The molecule has 0 radical (unpaired) electrons. The van der Waals surface area contributed by atoms with Crippen LogP contribution in [0.1, 0.15) is 6.92 Å². The predicted octanol–water partition coefficient (Wildman–Crippen LogP) is 2.34. The maximum Gasteiger partial charge on any atom is 0.217 e. The van der Waals surface area contributed by atoms with E-state index in [0.717, 1.165) is 23.8 Å². The Hall–Kier alpha value is -2.56. The summed E-state index contributed by atoms with van der Waals surface area (Å²) < 4.78 is 3.84. The van der Waals surface area contributed by atoms with Crippen molar-refractivity contribution in [3.63, 3.8) is 0 Å². The molecule has 2 heterocycles. The van der Waals surface area contributed by atoms with E-state index in [1.165, 1.54) is 0 Å². The van der Waals surface area contributed by atoms with Crippen LogP contribution in [0, 0.1) is 0 Å². The largest absolute Gasteiger partial charge is 0.383 e. The minimum Gasteiger partial charge on any atom is -0.383 e. The van der Waals surface area contributed by atoms with Gasteiger partial charge in [-0.2, -0.15) is 0 Å². The summed E-state index contributed by atoms with van der Waals surface area (Å²) in [5.41, 5.74) is 7.92. The van der Waals surface area contributed by atoms with E-state index < -0.39 is 0 Å². The Bertz CT molecular complexity index is 681. The minimum atomic E-state index is 0.583. The summed E-state index contributed by atoms with van der Waals surface area (Å²) in [7, 11) is 0. The Morgan fingerprint density at radius 2 is 2.00 bits per heavy atom. The zero-order valence-electron chi connectivity index (χ0n) is 10.7. The maximum absolute atomic E-state index is 5.89. The molecule has 0 amide bonds. The molecule has 0 spiro atoms. The van der Waals surface area contributed by atoms with Gasteiger partial charge in [-0.3, -0.25) is 4.57 Å². The van der Waals surface area contributed by atoms with Gasteiger partial charge in [-0.1, -0.05) is 30.3 Å². The fourth-order valence-corrected chi connectivity index (χ4v) is 2.05. The quantitative estimate of drug-likeness (QED) is 0.779. The Morgan fingerprint density at radius 3 is 2.63 bits per heavy atom. The molecule has 3 rings (SSSR count). The van der Waals surface area contributed by atoms with Crippen LogP contribution in [0.15, 0.2) is 49.1 Å². The molecule has 0 saturated heterocycles. The molecule has 5 heteroatoms. The van der Waals surface area contributed by atoms with Crippen molar-refractivity contribution in [2.45, 2.75) is 13.5 Å². The van der Waals surface area contributed by atoms with Crippen LogP contribution in [0.4, 0.5) is 5.82 Å². The molecule has 19 heavy (non-hydrogen) atoms. The number of aryl methyl sites for hydroxylation is 1. The van der Waals surface area contributed by atoms with Crippen molar-refractivity contribution in [2.24, 2.45) is 0 Å². The van der Waals surface area contributed by atoms with E-state index in [1.807, 2.05) is 36.5 Å². The number of nitrogens with zero attached hydrogens (tertiary/aromatic N) is 4. The fraction of sp³-hybridized carbons (Fsp3) is 0.143. The van der Waals surface area contributed by atoms with Gasteiger partial charge < -0.3 is 10.3 Å². The molecule has 0 aliphatic heterocycles. The Balaban J connectivity index is 2.12. The molecule has 0 unspecified atom stereocenters. The molecule has 0 fully saturated rings. The summed E-state index contributed by atoms with van der Waals surface area (Å²) in [5.74, 6) is 1.37. The lowest BCUT2D eigenvalue weighted by Gasteiger charge is -2.05. The first-order valence-corrected chi connectivity index (χ1v) is 6.20. The van der Waals surface area contributed by atoms with Crippen molar-refractivity contribution in [3.8, 4) is 17.2 Å². The number of nitrogen functional groups attached to an aromatic ring is 1. The van der Waals surface area contributed by atoms with Crippen LogP contribution in [0.5, 0.6) is 0 Å². The second kappa shape index (κ2) is 4.61. The van der Waals surface area contributed by atoms with Gasteiger partial charge in [0.15, 0.2) is 0 Å². The predicted molar refractivity (Wildman–Crippen MR) is 74.9 cm³/mol. The number of hydrogen-bond donors (Lipinski definition) is 1. The minimum absolute atomic E-state index is 0.583. The number of nitrogens with two attached hydrogens (primary N) is 1. The first-order chi connectivity index (χ1) is 9.29. The summed E-state index contributed by atoms with van der Waals surface area (Å²) in [6.45, 7) is 2.90. The maximum atomic E-state index is 5.89. The molecular formula is C14H15N5. The van der Waals surface area contributed by atoms with Gasteiger partial charge in [0.2, 0.25) is 5.95 Å². The highest BCUT2D eigenvalue weighted by molar-refractivity contribution is 5.59. The van der Waals surface area contributed by atoms with E-state index in [9.17, 15) is 0 Å². The normalized spacial score (nSPS) is 10.8. The first-order valence-electron chi connectivity index (χ1n) is 6.20. The van der Waals surface area contributed by atoms with E-state index in [2.05, 4.69) is 21.5 Å². The zero-order chi connectivity index (χ0) is 13.2. The molecule has 0 bridgehead atoms. The SMILES string of the molecule is CCn1cc(-c2ccccc2)nc1-n1cncc1N. The van der Waals surface area contributed by atoms with E-state index in [-0.39, 0.29) is 0 Å². The van der Waals surface area contributed by atoms with E-state index in [4.69, 9.17) is 5.73 Å². The molecule has 1 aromatic carbocycles. The average Bonchev–Trinajstić information content (AvgIpc) is 3.05. The summed E-state index contributed by atoms with van der Waals surface area (Å²) >= 11 is 0. The molecule has 0 atom stereocenters. The summed E-state index contributed by atoms with van der Waals surface area (Å²) in [4.78, 5) is 8.70. The first kappa shape index (κ1) is 11.5. The fourth-order valence-electron chi connectivity index (χ4n) is 2.05. The van der Waals surface area contributed by atoms with Crippen molar-refractivity contribution < 1.29 is 0 Å². The van der Waals surface area contributed by atoms with Crippen LogP contribution in [0.25, 0.3) is 17.2 Å². The Kier molecular flexibility index (Phi) is 2.79. The molecule has 96 valence electrons. The number of imidazole rings is 2. The molecule has 2 aromatic heterocycles. The monoisotopic (exact) mass is 253 g/mol. The number of anilines is 1. The van der Waals surface area contributed by atoms with Crippen LogP contribution in [-0.4, -0.2) is 19.1 Å². The highest BCUT2D eigenvalue weighted by Crippen LogP contribution is 2.21. The third-order valence-electron chi connectivity index (χ3n) is 3.05. The topological polar surface area (TPSA) is 61.7 Å². The molecule has 0 saturated carbocycles. The molecule has 2 N–H and O–H groups in total. The number of benzene rings is 1. The number of hydrogen-bond acceptors (Lipinski definition) is 3. The smallest absolute Gasteiger partial charge is 0.217 e. The van der Waals surface area contributed by atoms with Gasteiger partial charge in [-0.25, -0.2) is 9.97 Å². The van der Waals surface area contributed by atoms with Crippen LogP contribution in [-0.2, 0) is 6.54 Å². The summed E-state index contributed by atoms with van der Waals surface area (Å²) in [5, 5.41) is 0. The molecule has 0 aliphatic rings. The second-order valence-electron chi connectivity index (χ2n) is 4.27. The zero-order valence-corrected chi connectivity index (χ0v) is 10.7. The third-order valence-corrected chi connectivity index (χ3v) is 3.05. The second-order valence-corrected chi connectivity index (χ2v) is 4.27. The van der Waals surface area contributed by atoms with Crippen molar-refractivity contribution in [3.05, 3.63) is 49.1 Å². The Labute approximate surface area is 111 Å². The summed E-state index contributed by atoms with van der Waals surface area (Å²) in [6, 6.07) is 10.1. The van der Waals surface area contributed by atoms with Gasteiger partial charge >= 0.3 is 0 Å². The van der Waals surface area contributed by atoms with E-state index >= 15 is 0 Å². The number of rotatable bonds is 3. The van der Waals surface area contributed by atoms with Crippen LogP contribution >= 0.6 is 0 Å². The van der Waals surface area contributed by atoms with Crippen molar-refractivity contribution >= 4 is 5.82 Å². The van der Waals surface area contributed by atoms with Crippen LogP contribution in [0.3, 0.4) is 0 Å². The Morgan fingerprint density at radius 1 is 1.21 bits per heavy atom.